The summed E-state index contributed by atoms with van der Waals surface area (Å²) >= 11 is 6.07. The lowest BCUT2D eigenvalue weighted by atomic mass is 9.90. The van der Waals surface area contributed by atoms with E-state index in [1.54, 1.807) is 6.07 Å². The summed E-state index contributed by atoms with van der Waals surface area (Å²) in [5.74, 6) is 0.607. The molecule has 1 fully saturated rings. The molecule has 112 valence electrons. The number of likely N-dealkylation sites (tertiary alicyclic amines) is 1. The first-order chi connectivity index (χ1) is 8.99. The summed E-state index contributed by atoms with van der Waals surface area (Å²) in [5, 5.41) is 0.649. The molecule has 1 amide bonds. The van der Waals surface area contributed by atoms with Crippen LogP contribution in [0.4, 0.5) is 0 Å². The van der Waals surface area contributed by atoms with E-state index < -0.39 is 0 Å². The summed E-state index contributed by atoms with van der Waals surface area (Å²) < 4.78 is 0. The topological polar surface area (TPSA) is 46.3 Å². The van der Waals surface area contributed by atoms with Crippen LogP contribution in [0, 0.1) is 12.8 Å². The fourth-order valence-electron chi connectivity index (χ4n) is 2.54. The number of hydrogen-bond donors (Lipinski definition) is 1. The van der Waals surface area contributed by atoms with Gasteiger partial charge in [0.05, 0.1) is 0 Å². The molecule has 1 heterocycles. The molecule has 0 radical (unpaired) electrons. The zero-order valence-electron chi connectivity index (χ0n) is 11.9. The number of carbonyl (C=O) groups excluding carboxylic acids is 1. The van der Waals surface area contributed by atoms with Crippen LogP contribution in [0.25, 0.3) is 0 Å². The van der Waals surface area contributed by atoms with E-state index in [0.717, 1.165) is 31.5 Å². The Balaban J connectivity index is 0.00000200. The van der Waals surface area contributed by atoms with Gasteiger partial charge >= 0.3 is 0 Å². The zero-order valence-corrected chi connectivity index (χ0v) is 13.5. The molecule has 0 aliphatic carbocycles. The van der Waals surface area contributed by atoms with Gasteiger partial charge in [0.1, 0.15) is 0 Å². The first kappa shape index (κ1) is 17.3. The highest BCUT2D eigenvalue weighted by atomic mass is 35.5. The second kappa shape index (κ2) is 7.30. The van der Waals surface area contributed by atoms with Crippen molar-refractivity contribution in [3.05, 3.63) is 34.3 Å². The van der Waals surface area contributed by atoms with Crippen LogP contribution in [0.1, 0.15) is 35.7 Å². The van der Waals surface area contributed by atoms with Crippen molar-refractivity contribution in [1.82, 2.24) is 4.90 Å². The minimum absolute atomic E-state index is 0. The lowest BCUT2D eigenvalue weighted by Crippen LogP contribution is -2.42. The van der Waals surface area contributed by atoms with Crippen molar-refractivity contribution in [2.75, 3.05) is 13.1 Å². The summed E-state index contributed by atoms with van der Waals surface area (Å²) in [7, 11) is 0. The number of benzene rings is 1. The van der Waals surface area contributed by atoms with Gasteiger partial charge in [0.2, 0.25) is 0 Å². The molecule has 1 atom stereocenters. The van der Waals surface area contributed by atoms with E-state index in [0.29, 0.717) is 16.5 Å². The van der Waals surface area contributed by atoms with Gasteiger partial charge < -0.3 is 10.6 Å². The maximum atomic E-state index is 12.4. The maximum absolute atomic E-state index is 12.4. The Morgan fingerprint density at radius 3 is 2.50 bits per heavy atom. The molecular weight excluding hydrogens is 295 g/mol. The number of nitrogens with zero attached hydrogens (tertiary/aromatic N) is 1. The van der Waals surface area contributed by atoms with E-state index in [2.05, 4.69) is 0 Å². The van der Waals surface area contributed by atoms with E-state index in [9.17, 15) is 4.79 Å². The highest BCUT2D eigenvalue weighted by molar-refractivity contribution is 6.31. The van der Waals surface area contributed by atoms with E-state index in [4.69, 9.17) is 17.3 Å². The monoisotopic (exact) mass is 316 g/mol. The molecule has 1 saturated heterocycles. The lowest BCUT2D eigenvalue weighted by molar-refractivity contribution is 0.0681. The van der Waals surface area contributed by atoms with E-state index in [-0.39, 0.29) is 24.4 Å². The third-order valence-corrected chi connectivity index (χ3v) is 4.40. The largest absolute Gasteiger partial charge is 0.339 e. The molecule has 5 heteroatoms. The van der Waals surface area contributed by atoms with Crippen LogP contribution in [0.15, 0.2) is 18.2 Å². The number of hydrogen-bond acceptors (Lipinski definition) is 2. The number of aryl methyl sites for hydroxylation is 1. The minimum Gasteiger partial charge on any atom is -0.339 e. The Bertz CT molecular complexity index is 469. The molecule has 0 saturated carbocycles. The predicted octanol–water partition coefficient (Wildman–Crippen LogP) is 3.27. The summed E-state index contributed by atoms with van der Waals surface area (Å²) in [6.45, 7) is 5.56. The number of rotatable bonds is 2. The van der Waals surface area contributed by atoms with Crippen molar-refractivity contribution in [1.29, 1.82) is 0 Å². The molecule has 0 spiro atoms. The van der Waals surface area contributed by atoms with Crippen molar-refractivity contribution in [3.8, 4) is 0 Å². The van der Waals surface area contributed by atoms with Gasteiger partial charge in [0, 0.05) is 29.7 Å². The van der Waals surface area contributed by atoms with Gasteiger partial charge in [0.25, 0.3) is 5.91 Å². The Kier molecular flexibility index (Phi) is 6.31. The molecule has 0 bridgehead atoms. The molecule has 3 nitrogen and oxygen atoms in total. The molecule has 1 aromatic rings. The third-order valence-electron chi connectivity index (χ3n) is 3.99. The molecule has 1 aromatic carbocycles. The van der Waals surface area contributed by atoms with Crippen molar-refractivity contribution >= 4 is 29.9 Å². The fourth-order valence-corrected chi connectivity index (χ4v) is 2.72. The van der Waals surface area contributed by atoms with Crippen molar-refractivity contribution in [3.63, 3.8) is 0 Å². The molecule has 2 N–H and O–H groups in total. The molecule has 0 aromatic heterocycles. The minimum atomic E-state index is 0. The quantitative estimate of drug-likeness (QED) is 0.910. The number of piperidine rings is 1. The van der Waals surface area contributed by atoms with Gasteiger partial charge in [0.15, 0.2) is 0 Å². The Morgan fingerprint density at radius 1 is 1.40 bits per heavy atom. The fraction of sp³-hybridized carbons (Fsp3) is 0.533. The Labute approximate surface area is 131 Å². The van der Waals surface area contributed by atoms with Crippen molar-refractivity contribution < 1.29 is 4.79 Å². The number of carbonyl (C=O) groups is 1. The van der Waals surface area contributed by atoms with Crippen LogP contribution in [0.3, 0.4) is 0 Å². The first-order valence-corrected chi connectivity index (χ1v) is 7.18. The molecule has 1 aliphatic rings. The van der Waals surface area contributed by atoms with Crippen LogP contribution in [0.2, 0.25) is 5.02 Å². The molecule has 20 heavy (non-hydrogen) atoms. The molecular formula is C15H22Cl2N2O. The Morgan fingerprint density at radius 2 is 2.00 bits per heavy atom. The van der Waals surface area contributed by atoms with E-state index >= 15 is 0 Å². The maximum Gasteiger partial charge on any atom is 0.253 e. The SMILES string of the molecule is Cc1ccc(C(=O)N2CCC(C(C)N)CC2)cc1Cl.Cl. The van der Waals surface area contributed by atoms with Crippen LogP contribution >= 0.6 is 24.0 Å². The van der Waals surface area contributed by atoms with Crippen LogP contribution in [-0.4, -0.2) is 29.9 Å². The van der Waals surface area contributed by atoms with Crippen molar-refractivity contribution in [2.24, 2.45) is 11.7 Å². The molecule has 1 unspecified atom stereocenters. The van der Waals surface area contributed by atoms with Crippen LogP contribution < -0.4 is 5.73 Å². The average molecular weight is 317 g/mol. The van der Waals surface area contributed by atoms with Gasteiger partial charge in [-0.1, -0.05) is 17.7 Å². The third kappa shape index (κ3) is 3.87. The average Bonchev–Trinajstić information content (AvgIpc) is 2.41. The van der Waals surface area contributed by atoms with Crippen LogP contribution in [0.5, 0.6) is 0 Å². The predicted molar refractivity (Wildman–Crippen MR) is 85.7 cm³/mol. The molecule has 1 aliphatic heterocycles. The summed E-state index contributed by atoms with van der Waals surface area (Å²) in [4.78, 5) is 14.3. The number of amides is 1. The number of halogens is 2. The smallest absolute Gasteiger partial charge is 0.253 e. The first-order valence-electron chi connectivity index (χ1n) is 6.80. The summed E-state index contributed by atoms with van der Waals surface area (Å²) in [5.41, 5.74) is 7.59. The second-order valence-electron chi connectivity index (χ2n) is 5.45. The highest BCUT2D eigenvalue weighted by Gasteiger charge is 2.25. The van der Waals surface area contributed by atoms with Gasteiger partial charge in [-0.05, 0) is 50.3 Å². The summed E-state index contributed by atoms with van der Waals surface area (Å²) in [6.07, 6.45) is 1.98. The van der Waals surface area contributed by atoms with Crippen molar-refractivity contribution in [2.45, 2.75) is 32.7 Å². The highest BCUT2D eigenvalue weighted by Crippen LogP contribution is 2.23. The molecule has 2 rings (SSSR count). The van der Waals surface area contributed by atoms with E-state index in [1.807, 2.05) is 30.9 Å². The van der Waals surface area contributed by atoms with Gasteiger partial charge in [-0.2, -0.15) is 0 Å². The van der Waals surface area contributed by atoms with Gasteiger partial charge in [-0.25, -0.2) is 0 Å². The summed E-state index contributed by atoms with van der Waals surface area (Å²) in [6, 6.07) is 5.72. The second-order valence-corrected chi connectivity index (χ2v) is 5.86. The lowest BCUT2D eigenvalue weighted by Gasteiger charge is -2.33. The van der Waals surface area contributed by atoms with Gasteiger partial charge in [-0.15, -0.1) is 12.4 Å². The zero-order chi connectivity index (χ0) is 14.0. The van der Waals surface area contributed by atoms with Crippen LogP contribution in [-0.2, 0) is 0 Å². The number of nitrogens with two attached hydrogens (primary N) is 1. The standard InChI is InChI=1S/C15H21ClN2O.ClH/c1-10-3-4-13(9-14(10)16)15(19)18-7-5-12(6-8-18)11(2)17;/h3-4,9,11-12H,5-8,17H2,1-2H3;1H. The normalized spacial score (nSPS) is 17.5. The Hall–Kier alpha value is -0.770. The van der Waals surface area contributed by atoms with E-state index in [1.165, 1.54) is 0 Å². The van der Waals surface area contributed by atoms with Gasteiger partial charge in [-0.3, -0.25) is 4.79 Å².